The molecule has 104 valence electrons. The fourth-order valence-electron chi connectivity index (χ4n) is 2.16. The van der Waals surface area contributed by atoms with Crippen LogP contribution in [0.4, 0.5) is 11.7 Å². The SMILES string of the molecule is CCCCCN(c1nc2ccc(N)cc2o1)C(C)C. The molecule has 1 aromatic carbocycles. The number of anilines is 2. The van der Waals surface area contributed by atoms with E-state index in [9.17, 15) is 0 Å². The maximum absolute atomic E-state index is 5.84. The number of nitrogens with two attached hydrogens (primary N) is 1. The largest absolute Gasteiger partial charge is 0.423 e. The van der Waals surface area contributed by atoms with Gasteiger partial charge in [0.15, 0.2) is 5.58 Å². The van der Waals surface area contributed by atoms with Gasteiger partial charge in [0.2, 0.25) is 0 Å². The average Bonchev–Trinajstić information content (AvgIpc) is 2.76. The van der Waals surface area contributed by atoms with Crippen molar-refractivity contribution in [2.45, 2.75) is 46.1 Å². The Kier molecular flexibility index (Phi) is 4.30. The van der Waals surface area contributed by atoms with E-state index in [0.717, 1.165) is 24.1 Å². The number of fused-ring (bicyclic) bond motifs is 1. The minimum atomic E-state index is 0.377. The van der Waals surface area contributed by atoms with Crippen LogP contribution in [0.25, 0.3) is 11.1 Å². The molecule has 1 aromatic heterocycles. The van der Waals surface area contributed by atoms with Gasteiger partial charge < -0.3 is 15.1 Å². The highest BCUT2D eigenvalue weighted by atomic mass is 16.4. The molecule has 19 heavy (non-hydrogen) atoms. The monoisotopic (exact) mass is 261 g/mol. The zero-order valence-electron chi connectivity index (χ0n) is 12.0. The Hall–Kier alpha value is -1.71. The van der Waals surface area contributed by atoms with Crippen molar-refractivity contribution in [3.63, 3.8) is 0 Å². The van der Waals surface area contributed by atoms with Crippen LogP contribution in [0.1, 0.15) is 40.0 Å². The van der Waals surface area contributed by atoms with E-state index in [1.54, 1.807) is 0 Å². The summed E-state index contributed by atoms with van der Waals surface area (Å²) in [6, 6.07) is 6.67. The van der Waals surface area contributed by atoms with Crippen molar-refractivity contribution < 1.29 is 4.42 Å². The average molecular weight is 261 g/mol. The summed E-state index contributed by atoms with van der Waals surface area (Å²) >= 11 is 0. The van der Waals surface area contributed by atoms with Gasteiger partial charge in [-0.2, -0.15) is 4.98 Å². The second kappa shape index (κ2) is 5.95. The van der Waals surface area contributed by atoms with Crippen molar-refractivity contribution in [2.24, 2.45) is 0 Å². The molecule has 4 heteroatoms. The van der Waals surface area contributed by atoms with Crippen molar-refractivity contribution in [3.05, 3.63) is 18.2 Å². The quantitative estimate of drug-likeness (QED) is 0.634. The van der Waals surface area contributed by atoms with Gasteiger partial charge in [-0.25, -0.2) is 0 Å². The predicted molar refractivity (Wildman–Crippen MR) is 80.4 cm³/mol. The Morgan fingerprint density at radius 1 is 1.32 bits per heavy atom. The first kappa shape index (κ1) is 13.7. The van der Waals surface area contributed by atoms with Crippen LogP contribution in [0.2, 0.25) is 0 Å². The van der Waals surface area contributed by atoms with Gasteiger partial charge in [0.05, 0.1) is 0 Å². The minimum Gasteiger partial charge on any atom is -0.423 e. The van der Waals surface area contributed by atoms with Crippen LogP contribution in [-0.4, -0.2) is 17.6 Å². The van der Waals surface area contributed by atoms with E-state index in [2.05, 4.69) is 30.7 Å². The molecule has 0 amide bonds. The van der Waals surface area contributed by atoms with Gasteiger partial charge in [-0.3, -0.25) is 0 Å². The number of aromatic nitrogens is 1. The number of oxazole rings is 1. The molecule has 1 heterocycles. The van der Waals surface area contributed by atoms with Gasteiger partial charge >= 0.3 is 0 Å². The molecule has 2 aromatic rings. The van der Waals surface area contributed by atoms with Crippen LogP contribution >= 0.6 is 0 Å². The third-order valence-corrected chi connectivity index (χ3v) is 3.27. The molecule has 0 saturated heterocycles. The number of hydrogen-bond acceptors (Lipinski definition) is 4. The van der Waals surface area contributed by atoms with Gasteiger partial charge in [-0.1, -0.05) is 19.8 Å². The van der Waals surface area contributed by atoms with Crippen LogP contribution in [-0.2, 0) is 0 Å². The summed E-state index contributed by atoms with van der Waals surface area (Å²) < 4.78 is 5.84. The molecule has 2 N–H and O–H groups in total. The Labute approximate surface area is 114 Å². The molecule has 4 nitrogen and oxygen atoms in total. The van der Waals surface area contributed by atoms with Crippen molar-refractivity contribution in [2.75, 3.05) is 17.2 Å². The minimum absolute atomic E-state index is 0.377. The van der Waals surface area contributed by atoms with Gasteiger partial charge in [-0.05, 0) is 32.4 Å². The fourth-order valence-corrected chi connectivity index (χ4v) is 2.16. The van der Waals surface area contributed by atoms with Gasteiger partial charge in [0, 0.05) is 24.3 Å². The van der Waals surface area contributed by atoms with Gasteiger partial charge in [-0.15, -0.1) is 0 Å². The Morgan fingerprint density at radius 2 is 2.11 bits per heavy atom. The first-order valence-electron chi connectivity index (χ1n) is 7.04. The smallest absolute Gasteiger partial charge is 0.298 e. The molecule has 0 radical (unpaired) electrons. The summed E-state index contributed by atoms with van der Waals surface area (Å²) in [6.07, 6.45) is 3.61. The summed E-state index contributed by atoms with van der Waals surface area (Å²) in [5.41, 5.74) is 8.10. The molecular weight excluding hydrogens is 238 g/mol. The molecule has 0 fully saturated rings. The molecule has 0 saturated carbocycles. The van der Waals surface area contributed by atoms with E-state index in [1.165, 1.54) is 12.8 Å². The zero-order valence-corrected chi connectivity index (χ0v) is 12.0. The highest BCUT2D eigenvalue weighted by Crippen LogP contribution is 2.25. The third-order valence-electron chi connectivity index (χ3n) is 3.27. The van der Waals surface area contributed by atoms with Crippen LogP contribution < -0.4 is 10.6 Å². The van der Waals surface area contributed by atoms with E-state index >= 15 is 0 Å². The van der Waals surface area contributed by atoms with E-state index < -0.39 is 0 Å². The Balaban J connectivity index is 2.23. The van der Waals surface area contributed by atoms with Crippen LogP contribution in [0.15, 0.2) is 22.6 Å². The highest BCUT2D eigenvalue weighted by molar-refractivity contribution is 5.78. The first-order chi connectivity index (χ1) is 9.11. The molecule has 0 atom stereocenters. The number of nitrogen functional groups attached to an aromatic ring is 1. The second-order valence-electron chi connectivity index (χ2n) is 5.22. The normalized spacial score (nSPS) is 11.4. The fraction of sp³-hybridized carbons (Fsp3) is 0.533. The zero-order chi connectivity index (χ0) is 13.8. The number of rotatable bonds is 6. The van der Waals surface area contributed by atoms with E-state index in [1.807, 2.05) is 18.2 Å². The topological polar surface area (TPSA) is 55.3 Å². The molecule has 2 rings (SSSR count). The second-order valence-corrected chi connectivity index (χ2v) is 5.22. The molecule has 0 aliphatic heterocycles. The number of benzene rings is 1. The number of unbranched alkanes of at least 4 members (excludes halogenated alkanes) is 2. The van der Waals surface area contributed by atoms with Crippen molar-refractivity contribution in [1.29, 1.82) is 0 Å². The van der Waals surface area contributed by atoms with Crippen LogP contribution in [0.3, 0.4) is 0 Å². The molecule has 0 unspecified atom stereocenters. The van der Waals surface area contributed by atoms with Crippen molar-refractivity contribution >= 4 is 22.8 Å². The predicted octanol–water partition coefficient (Wildman–Crippen LogP) is 3.82. The Bertz CT molecular complexity index is 533. The van der Waals surface area contributed by atoms with Crippen molar-refractivity contribution in [1.82, 2.24) is 4.98 Å². The molecular formula is C15H23N3O. The lowest BCUT2D eigenvalue weighted by Crippen LogP contribution is -2.31. The maximum Gasteiger partial charge on any atom is 0.298 e. The summed E-state index contributed by atoms with van der Waals surface area (Å²) in [6.45, 7) is 7.51. The van der Waals surface area contributed by atoms with E-state index in [-0.39, 0.29) is 0 Å². The van der Waals surface area contributed by atoms with E-state index in [4.69, 9.17) is 10.2 Å². The third kappa shape index (κ3) is 3.19. The maximum atomic E-state index is 5.84. The summed E-state index contributed by atoms with van der Waals surface area (Å²) in [7, 11) is 0. The van der Waals surface area contributed by atoms with E-state index in [0.29, 0.717) is 17.7 Å². The summed E-state index contributed by atoms with van der Waals surface area (Å²) in [5.74, 6) is 0. The van der Waals surface area contributed by atoms with Gasteiger partial charge in [0.1, 0.15) is 5.52 Å². The Morgan fingerprint density at radius 3 is 2.79 bits per heavy atom. The standard InChI is InChI=1S/C15H23N3O/c1-4-5-6-9-18(11(2)3)15-17-13-8-7-12(16)10-14(13)19-15/h7-8,10-11H,4-6,9,16H2,1-3H3. The van der Waals surface area contributed by atoms with Crippen LogP contribution in [0, 0.1) is 0 Å². The van der Waals surface area contributed by atoms with Gasteiger partial charge in [0.25, 0.3) is 6.01 Å². The lowest BCUT2D eigenvalue weighted by molar-refractivity contribution is 0.525. The lowest BCUT2D eigenvalue weighted by Gasteiger charge is -2.24. The molecule has 0 aliphatic carbocycles. The van der Waals surface area contributed by atoms with Crippen molar-refractivity contribution in [3.8, 4) is 0 Å². The number of nitrogens with zero attached hydrogens (tertiary/aromatic N) is 2. The first-order valence-corrected chi connectivity index (χ1v) is 7.04. The lowest BCUT2D eigenvalue weighted by atomic mass is 10.2. The summed E-state index contributed by atoms with van der Waals surface area (Å²) in [4.78, 5) is 6.77. The molecule has 0 bridgehead atoms. The number of hydrogen-bond donors (Lipinski definition) is 1. The highest BCUT2D eigenvalue weighted by Gasteiger charge is 2.16. The van der Waals surface area contributed by atoms with Crippen LogP contribution in [0.5, 0.6) is 0 Å². The molecule has 0 aliphatic rings. The summed E-state index contributed by atoms with van der Waals surface area (Å²) in [5, 5.41) is 0. The molecule has 0 spiro atoms.